The molecular formula is C18H18ClN3O5. The van der Waals surface area contributed by atoms with Crippen LogP contribution < -0.4 is 20.1 Å². The van der Waals surface area contributed by atoms with Crippen LogP contribution in [0, 0.1) is 17.0 Å². The zero-order valence-corrected chi connectivity index (χ0v) is 15.3. The Hall–Kier alpha value is -3.00. The van der Waals surface area contributed by atoms with E-state index in [2.05, 4.69) is 10.6 Å². The second-order valence-corrected chi connectivity index (χ2v) is 6.42. The number of carbonyl (C=O) groups excluding carboxylic acids is 1. The number of halogens is 1. The van der Waals surface area contributed by atoms with Crippen molar-refractivity contribution in [3.8, 4) is 11.5 Å². The number of aryl methyl sites for hydroxylation is 1. The number of nitrogens with zero attached hydrogens (tertiary/aromatic N) is 1. The van der Waals surface area contributed by atoms with E-state index in [1.807, 2.05) is 0 Å². The number of ether oxygens (including phenoxy) is 2. The van der Waals surface area contributed by atoms with Crippen LogP contribution >= 0.6 is 11.6 Å². The number of nitro groups is 1. The Morgan fingerprint density at radius 3 is 2.59 bits per heavy atom. The number of hydrogen-bond donors (Lipinski definition) is 2. The van der Waals surface area contributed by atoms with E-state index in [0.29, 0.717) is 35.4 Å². The molecule has 0 bridgehead atoms. The van der Waals surface area contributed by atoms with Crippen molar-refractivity contribution in [1.29, 1.82) is 0 Å². The van der Waals surface area contributed by atoms with Crippen LogP contribution in [0.1, 0.15) is 12.0 Å². The number of carbonyl (C=O) groups is 1. The summed E-state index contributed by atoms with van der Waals surface area (Å²) in [6.45, 7) is 2.70. The number of nitrogens with one attached hydrogen (secondary N) is 2. The summed E-state index contributed by atoms with van der Waals surface area (Å²) in [6, 6.07) is 7.91. The van der Waals surface area contributed by atoms with Crippen molar-refractivity contribution in [2.24, 2.45) is 0 Å². The molecule has 2 aromatic rings. The lowest BCUT2D eigenvalue weighted by Crippen LogP contribution is -2.22. The monoisotopic (exact) mass is 391 g/mol. The van der Waals surface area contributed by atoms with Crippen LogP contribution in [0.4, 0.5) is 17.1 Å². The molecule has 0 spiro atoms. The van der Waals surface area contributed by atoms with Crippen LogP contribution in [0.3, 0.4) is 0 Å². The van der Waals surface area contributed by atoms with Crippen molar-refractivity contribution >= 4 is 34.6 Å². The maximum atomic E-state index is 12.2. The van der Waals surface area contributed by atoms with Gasteiger partial charge in [0, 0.05) is 24.6 Å². The molecule has 0 atom stereocenters. The first-order valence-corrected chi connectivity index (χ1v) is 8.70. The molecule has 0 unspecified atom stereocenters. The SMILES string of the molecule is Cc1ccc(NC(=O)CNc2cc3c(cc2Cl)OCCCO3)c([N+](=O)[O-])c1. The van der Waals surface area contributed by atoms with Crippen molar-refractivity contribution in [3.05, 3.63) is 51.0 Å². The van der Waals surface area contributed by atoms with E-state index in [-0.39, 0.29) is 17.9 Å². The van der Waals surface area contributed by atoms with E-state index < -0.39 is 10.8 Å². The van der Waals surface area contributed by atoms with E-state index in [1.54, 1.807) is 25.1 Å². The van der Waals surface area contributed by atoms with Gasteiger partial charge >= 0.3 is 0 Å². The standard InChI is InChI=1S/C18H18ClN3O5/c1-11-3-4-13(15(7-11)22(24)25)21-18(23)10-20-14-9-17-16(8-12(14)19)26-5-2-6-27-17/h3-4,7-9,20H,2,5-6,10H2,1H3,(H,21,23). The number of fused-ring (bicyclic) bond motifs is 1. The maximum Gasteiger partial charge on any atom is 0.293 e. The van der Waals surface area contributed by atoms with Gasteiger partial charge < -0.3 is 20.1 Å². The van der Waals surface area contributed by atoms with E-state index in [1.165, 1.54) is 12.1 Å². The van der Waals surface area contributed by atoms with Crippen molar-refractivity contribution in [2.75, 3.05) is 30.4 Å². The van der Waals surface area contributed by atoms with Gasteiger partial charge in [0.2, 0.25) is 5.91 Å². The van der Waals surface area contributed by atoms with Crippen molar-refractivity contribution in [1.82, 2.24) is 0 Å². The molecule has 1 aliphatic rings. The Kier molecular flexibility index (Phi) is 5.66. The molecule has 0 saturated carbocycles. The van der Waals surface area contributed by atoms with Gasteiger partial charge in [0.1, 0.15) is 5.69 Å². The summed E-state index contributed by atoms with van der Waals surface area (Å²) in [4.78, 5) is 22.8. The van der Waals surface area contributed by atoms with Crippen LogP contribution in [0.5, 0.6) is 11.5 Å². The second-order valence-electron chi connectivity index (χ2n) is 6.01. The molecule has 0 radical (unpaired) electrons. The second kappa shape index (κ2) is 8.13. The van der Waals surface area contributed by atoms with Gasteiger partial charge in [0.25, 0.3) is 5.69 Å². The lowest BCUT2D eigenvalue weighted by atomic mass is 10.2. The van der Waals surface area contributed by atoms with E-state index in [0.717, 1.165) is 12.0 Å². The Bertz CT molecular complexity index is 888. The van der Waals surface area contributed by atoms with Crippen molar-refractivity contribution < 1.29 is 19.2 Å². The number of hydrogen-bond acceptors (Lipinski definition) is 6. The third-order valence-corrected chi connectivity index (χ3v) is 4.21. The van der Waals surface area contributed by atoms with Crippen LogP contribution in [0.15, 0.2) is 30.3 Å². The summed E-state index contributed by atoms with van der Waals surface area (Å²) in [5.41, 5.74) is 1.23. The summed E-state index contributed by atoms with van der Waals surface area (Å²) >= 11 is 6.22. The highest BCUT2D eigenvalue weighted by atomic mass is 35.5. The molecule has 9 heteroatoms. The van der Waals surface area contributed by atoms with Crippen LogP contribution in [0.25, 0.3) is 0 Å². The number of nitro benzene ring substituents is 1. The molecule has 8 nitrogen and oxygen atoms in total. The average molecular weight is 392 g/mol. The van der Waals surface area contributed by atoms with Gasteiger partial charge in [-0.15, -0.1) is 0 Å². The highest BCUT2D eigenvalue weighted by molar-refractivity contribution is 6.33. The molecule has 142 valence electrons. The molecule has 1 heterocycles. The van der Waals surface area contributed by atoms with Crippen molar-refractivity contribution in [2.45, 2.75) is 13.3 Å². The summed E-state index contributed by atoms with van der Waals surface area (Å²) in [5, 5.41) is 17.0. The van der Waals surface area contributed by atoms with E-state index in [4.69, 9.17) is 21.1 Å². The fourth-order valence-corrected chi connectivity index (χ4v) is 2.81. The largest absolute Gasteiger partial charge is 0.490 e. The van der Waals surface area contributed by atoms with Gasteiger partial charge in [-0.3, -0.25) is 14.9 Å². The number of benzene rings is 2. The molecule has 1 aliphatic heterocycles. The summed E-state index contributed by atoms with van der Waals surface area (Å²) < 4.78 is 11.2. The van der Waals surface area contributed by atoms with Gasteiger partial charge in [-0.25, -0.2) is 0 Å². The quantitative estimate of drug-likeness (QED) is 0.594. The highest BCUT2D eigenvalue weighted by Gasteiger charge is 2.17. The Morgan fingerprint density at radius 1 is 1.19 bits per heavy atom. The minimum Gasteiger partial charge on any atom is -0.490 e. The topological polar surface area (TPSA) is 103 Å². The molecular weight excluding hydrogens is 374 g/mol. The Labute approximate surface area is 160 Å². The molecule has 0 fully saturated rings. The number of anilines is 2. The molecule has 1 amide bonds. The van der Waals surface area contributed by atoms with Gasteiger partial charge in [-0.05, 0) is 18.6 Å². The first kappa shape index (κ1) is 18.8. The zero-order valence-electron chi connectivity index (χ0n) is 14.6. The fourth-order valence-electron chi connectivity index (χ4n) is 2.59. The molecule has 2 aromatic carbocycles. The van der Waals surface area contributed by atoms with Crippen LogP contribution in [-0.4, -0.2) is 30.6 Å². The lowest BCUT2D eigenvalue weighted by Gasteiger charge is -2.13. The Morgan fingerprint density at radius 2 is 1.89 bits per heavy atom. The first-order chi connectivity index (χ1) is 12.9. The molecule has 0 saturated heterocycles. The first-order valence-electron chi connectivity index (χ1n) is 8.32. The molecule has 0 aliphatic carbocycles. The fraction of sp³-hybridized carbons (Fsp3) is 0.278. The van der Waals surface area contributed by atoms with Crippen LogP contribution in [-0.2, 0) is 4.79 Å². The summed E-state index contributed by atoms with van der Waals surface area (Å²) in [7, 11) is 0. The van der Waals surface area contributed by atoms with Gasteiger partial charge in [0.05, 0.1) is 35.4 Å². The van der Waals surface area contributed by atoms with Crippen LogP contribution in [0.2, 0.25) is 5.02 Å². The minimum atomic E-state index is -0.531. The lowest BCUT2D eigenvalue weighted by molar-refractivity contribution is -0.384. The van der Waals surface area contributed by atoms with Crippen molar-refractivity contribution in [3.63, 3.8) is 0 Å². The van der Waals surface area contributed by atoms with Gasteiger partial charge in [0.15, 0.2) is 11.5 Å². The molecule has 0 aromatic heterocycles. The summed E-state index contributed by atoms with van der Waals surface area (Å²) in [5.74, 6) is 0.668. The van der Waals surface area contributed by atoms with E-state index >= 15 is 0 Å². The predicted molar refractivity (Wildman–Crippen MR) is 102 cm³/mol. The molecule has 2 N–H and O–H groups in total. The molecule has 3 rings (SSSR count). The van der Waals surface area contributed by atoms with E-state index in [9.17, 15) is 14.9 Å². The third-order valence-electron chi connectivity index (χ3n) is 3.90. The predicted octanol–water partition coefficient (Wildman–Crippen LogP) is 3.77. The number of amides is 1. The zero-order chi connectivity index (χ0) is 19.4. The normalized spacial score (nSPS) is 12.8. The third kappa shape index (κ3) is 4.59. The minimum absolute atomic E-state index is 0.121. The number of rotatable bonds is 5. The highest BCUT2D eigenvalue weighted by Crippen LogP contribution is 2.37. The van der Waals surface area contributed by atoms with Gasteiger partial charge in [-0.1, -0.05) is 17.7 Å². The molecule has 27 heavy (non-hydrogen) atoms. The Balaban J connectivity index is 1.68. The average Bonchev–Trinajstić information content (AvgIpc) is 2.85. The van der Waals surface area contributed by atoms with Gasteiger partial charge in [-0.2, -0.15) is 0 Å². The smallest absolute Gasteiger partial charge is 0.293 e. The summed E-state index contributed by atoms with van der Waals surface area (Å²) in [6.07, 6.45) is 0.771. The maximum absolute atomic E-state index is 12.2.